The van der Waals surface area contributed by atoms with Crippen molar-refractivity contribution >= 4 is 11.7 Å². The number of anilines is 1. The first kappa shape index (κ1) is 12.6. The fourth-order valence-corrected chi connectivity index (χ4v) is 1.63. The van der Waals surface area contributed by atoms with Crippen molar-refractivity contribution in [3.8, 4) is 0 Å². The van der Waals surface area contributed by atoms with Crippen LogP contribution in [0.3, 0.4) is 0 Å². The highest BCUT2D eigenvalue weighted by Crippen LogP contribution is 2.17. The first-order chi connectivity index (χ1) is 7.52. The molecule has 0 bridgehead atoms. The lowest BCUT2D eigenvalue weighted by atomic mass is 10.1. The molecule has 0 fully saturated rings. The lowest BCUT2D eigenvalue weighted by Gasteiger charge is -2.16. The molecule has 1 rings (SSSR count). The van der Waals surface area contributed by atoms with E-state index in [2.05, 4.69) is 36.0 Å². The maximum atomic E-state index is 11.1. The van der Waals surface area contributed by atoms with E-state index in [-0.39, 0.29) is 12.0 Å². The first-order valence-electron chi connectivity index (χ1n) is 5.43. The molecule has 3 heteroatoms. The van der Waals surface area contributed by atoms with Gasteiger partial charge in [0.2, 0.25) is 0 Å². The van der Waals surface area contributed by atoms with Gasteiger partial charge in [-0.05, 0) is 32.4 Å². The Balaban J connectivity index is 2.62. The Hall–Kier alpha value is -1.51. The van der Waals surface area contributed by atoms with Crippen LogP contribution in [-0.2, 0) is 9.53 Å². The van der Waals surface area contributed by atoms with Gasteiger partial charge in [-0.1, -0.05) is 17.7 Å². The van der Waals surface area contributed by atoms with Crippen molar-refractivity contribution in [3.63, 3.8) is 0 Å². The Morgan fingerprint density at radius 2 is 2.12 bits per heavy atom. The van der Waals surface area contributed by atoms with Gasteiger partial charge in [-0.2, -0.15) is 0 Å². The van der Waals surface area contributed by atoms with Gasteiger partial charge in [-0.15, -0.1) is 0 Å². The highest BCUT2D eigenvalue weighted by atomic mass is 16.5. The molecule has 3 nitrogen and oxygen atoms in total. The third-order valence-corrected chi connectivity index (χ3v) is 2.48. The van der Waals surface area contributed by atoms with Gasteiger partial charge in [0.15, 0.2) is 0 Å². The molecule has 0 amide bonds. The van der Waals surface area contributed by atoms with Gasteiger partial charge in [-0.25, -0.2) is 0 Å². The van der Waals surface area contributed by atoms with Crippen LogP contribution in [0.25, 0.3) is 0 Å². The third-order valence-electron chi connectivity index (χ3n) is 2.48. The van der Waals surface area contributed by atoms with Crippen LogP contribution in [0, 0.1) is 13.8 Å². The fraction of sp³-hybridized carbons (Fsp3) is 0.462. The van der Waals surface area contributed by atoms with Gasteiger partial charge >= 0.3 is 5.97 Å². The second kappa shape index (κ2) is 5.54. The van der Waals surface area contributed by atoms with E-state index in [0.717, 1.165) is 5.69 Å². The standard InChI is InChI=1S/C13H19NO2/c1-9-5-6-12(10(2)7-9)14-11(3)8-13(15)16-4/h5-7,11,14H,8H2,1-4H3. The van der Waals surface area contributed by atoms with Crippen LogP contribution in [0.4, 0.5) is 5.69 Å². The molecule has 1 aromatic rings. The van der Waals surface area contributed by atoms with E-state index >= 15 is 0 Å². The molecule has 0 aliphatic heterocycles. The summed E-state index contributed by atoms with van der Waals surface area (Å²) in [6.45, 7) is 6.09. The Morgan fingerprint density at radius 3 is 2.69 bits per heavy atom. The average molecular weight is 221 g/mol. The predicted octanol–water partition coefficient (Wildman–Crippen LogP) is 2.67. The number of aryl methyl sites for hydroxylation is 2. The zero-order valence-corrected chi connectivity index (χ0v) is 10.3. The predicted molar refractivity (Wildman–Crippen MR) is 65.6 cm³/mol. The minimum Gasteiger partial charge on any atom is -0.469 e. The molecule has 1 atom stereocenters. The molecule has 0 saturated carbocycles. The van der Waals surface area contributed by atoms with Crippen LogP contribution in [0.2, 0.25) is 0 Å². The average Bonchev–Trinajstić information content (AvgIpc) is 2.22. The number of methoxy groups -OCH3 is 1. The lowest BCUT2D eigenvalue weighted by molar-refractivity contribution is -0.140. The maximum Gasteiger partial charge on any atom is 0.307 e. The van der Waals surface area contributed by atoms with Crippen LogP contribution in [0.1, 0.15) is 24.5 Å². The molecular formula is C13H19NO2. The van der Waals surface area contributed by atoms with Crippen molar-refractivity contribution in [2.75, 3.05) is 12.4 Å². The van der Waals surface area contributed by atoms with E-state index in [0.29, 0.717) is 6.42 Å². The highest BCUT2D eigenvalue weighted by molar-refractivity contribution is 5.70. The molecule has 1 aromatic carbocycles. The van der Waals surface area contributed by atoms with Crippen molar-refractivity contribution in [2.24, 2.45) is 0 Å². The summed E-state index contributed by atoms with van der Waals surface area (Å²) in [7, 11) is 1.41. The summed E-state index contributed by atoms with van der Waals surface area (Å²) in [4.78, 5) is 11.1. The molecule has 0 aliphatic rings. The van der Waals surface area contributed by atoms with Crippen molar-refractivity contribution in [2.45, 2.75) is 33.2 Å². The minimum atomic E-state index is -0.190. The smallest absolute Gasteiger partial charge is 0.307 e. The Labute approximate surface area is 96.8 Å². The van der Waals surface area contributed by atoms with Crippen molar-refractivity contribution in [1.29, 1.82) is 0 Å². The first-order valence-corrected chi connectivity index (χ1v) is 5.43. The Kier molecular flexibility index (Phi) is 4.35. The van der Waals surface area contributed by atoms with Crippen molar-refractivity contribution in [3.05, 3.63) is 29.3 Å². The molecule has 1 N–H and O–H groups in total. The highest BCUT2D eigenvalue weighted by Gasteiger charge is 2.09. The number of carbonyl (C=O) groups excluding carboxylic acids is 1. The van der Waals surface area contributed by atoms with Crippen LogP contribution in [-0.4, -0.2) is 19.1 Å². The van der Waals surface area contributed by atoms with Crippen LogP contribution < -0.4 is 5.32 Å². The van der Waals surface area contributed by atoms with Crippen LogP contribution in [0.15, 0.2) is 18.2 Å². The molecule has 88 valence electrons. The molecule has 1 unspecified atom stereocenters. The number of esters is 1. The Bertz CT molecular complexity index is 374. The van der Waals surface area contributed by atoms with Crippen molar-refractivity contribution < 1.29 is 9.53 Å². The molecule has 0 aliphatic carbocycles. The van der Waals surface area contributed by atoms with Gasteiger partial charge in [0.25, 0.3) is 0 Å². The molecule has 0 spiro atoms. The van der Waals surface area contributed by atoms with E-state index in [1.165, 1.54) is 18.2 Å². The number of hydrogen-bond donors (Lipinski definition) is 1. The summed E-state index contributed by atoms with van der Waals surface area (Å²) >= 11 is 0. The number of carbonyl (C=O) groups is 1. The Morgan fingerprint density at radius 1 is 1.44 bits per heavy atom. The summed E-state index contributed by atoms with van der Waals surface area (Å²) in [5.74, 6) is -0.190. The maximum absolute atomic E-state index is 11.1. The van der Waals surface area contributed by atoms with Gasteiger partial charge in [0.05, 0.1) is 13.5 Å². The van der Waals surface area contributed by atoms with E-state index in [4.69, 9.17) is 0 Å². The fourth-order valence-electron chi connectivity index (χ4n) is 1.63. The van der Waals surface area contributed by atoms with E-state index in [1.54, 1.807) is 0 Å². The summed E-state index contributed by atoms with van der Waals surface area (Å²) in [5, 5.41) is 3.30. The lowest BCUT2D eigenvalue weighted by Crippen LogP contribution is -2.20. The summed E-state index contributed by atoms with van der Waals surface area (Å²) in [5.41, 5.74) is 3.50. The molecular weight excluding hydrogens is 202 g/mol. The number of rotatable bonds is 4. The van der Waals surface area contributed by atoms with E-state index in [1.807, 2.05) is 13.0 Å². The summed E-state index contributed by atoms with van der Waals surface area (Å²) in [6.07, 6.45) is 0.379. The van der Waals surface area contributed by atoms with E-state index < -0.39 is 0 Å². The van der Waals surface area contributed by atoms with Crippen LogP contribution in [0.5, 0.6) is 0 Å². The van der Waals surface area contributed by atoms with Gasteiger partial charge < -0.3 is 10.1 Å². The molecule has 0 heterocycles. The zero-order valence-electron chi connectivity index (χ0n) is 10.3. The summed E-state index contributed by atoms with van der Waals surface area (Å²) in [6, 6.07) is 6.29. The zero-order chi connectivity index (χ0) is 12.1. The van der Waals surface area contributed by atoms with Gasteiger partial charge in [0, 0.05) is 11.7 Å². The third kappa shape index (κ3) is 3.57. The van der Waals surface area contributed by atoms with Crippen LogP contribution >= 0.6 is 0 Å². The number of nitrogens with one attached hydrogen (secondary N) is 1. The number of hydrogen-bond acceptors (Lipinski definition) is 3. The monoisotopic (exact) mass is 221 g/mol. The second-order valence-corrected chi connectivity index (χ2v) is 4.14. The quantitative estimate of drug-likeness (QED) is 0.794. The normalized spacial score (nSPS) is 12.0. The van der Waals surface area contributed by atoms with Gasteiger partial charge in [-0.3, -0.25) is 4.79 Å². The molecule has 0 saturated heterocycles. The van der Waals surface area contributed by atoms with Gasteiger partial charge in [0.1, 0.15) is 0 Å². The number of benzene rings is 1. The second-order valence-electron chi connectivity index (χ2n) is 4.14. The molecule has 16 heavy (non-hydrogen) atoms. The van der Waals surface area contributed by atoms with E-state index in [9.17, 15) is 4.79 Å². The SMILES string of the molecule is COC(=O)CC(C)Nc1ccc(C)cc1C. The number of ether oxygens (including phenoxy) is 1. The topological polar surface area (TPSA) is 38.3 Å². The molecule has 0 aromatic heterocycles. The largest absolute Gasteiger partial charge is 0.469 e. The summed E-state index contributed by atoms with van der Waals surface area (Å²) < 4.78 is 4.63. The molecule has 0 radical (unpaired) electrons. The minimum absolute atomic E-state index is 0.0776. The van der Waals surface area contributed by atoms with Crippen molar-refractivity contribution in [1.82, 2.24) is 0 Å².